The molecule has 0 aliphatic heterocycles. The van der Waals surface area contributed by atoms with E-state index in [-0.39, 0.29) is 37.0 Å². The molecule has 21 heavy (non-hydrogen) atoms. The van der Waals surface area contributed by atoms with Gasteiger partial charge in [-0.15, -0.1) is 24.8 Å². The van der Waals surface area contributed by atoms with Gasteiger partial charge in [-0.25, -0.2) is 4.98 Å². The third-order valence-corrected chi connectivity index (χ3v) is 3.51. The van der Waals surface area contributed by atoms with Gasteiger partial charge < -0.3 is 10.7 Å². The van der Waals surface area contributed by atoms with Crippen LogP contribution in [0.3, 0.4) is 0 Å². The molecule has 0 spiro atoms. The molecule has 1 heterocycles. The topological polar surface area (TPSA) is 71.8 Å². The molecule has 0 bridgehead atoms. The van der Waals surface area contributed by atoms with Gasteiger partial charge in [0.1, 0.15) is 0 Å². The molecule has 1 aromatic carbocycles. The third kappa shape index (κ3) is 5.85. The predicted molar refractivity (Wildman–Crippen MR) is 89.9 cm³/mol. The fraction of sp³-hybridized carbons (Fsp3) is 0.231. The Hall–Kier alpha value is -0.780. The van der Waals surface area contributed by atoms with E-state index in [9.17, 15) is 4.79 Å². The zero-order chi connectivity index (χ0) is 13.8. The second-order valence-corrected chi connectivity index (χ2v) is 5.09. The normalized spacial score (nSPS) is 11.2. The lowest BCUT2D eigenvalue weighted by atomic mass is 10.0. The van der Waals surface area contributed by atoms with Crippen molar-refractivity contribution in [3.63, 3.8) is 0 Å². The lowest BCUT2D eigenvalue weighted by molar-refractivity contribution is -0.119. The molecule has 2 aromatic rings. The van der Waals surface area contributed by atoms with Crippen molar-refractivity contribution < 1.29 is 4.79 Å². The van der Waals surface area contributed by atoms with Crippen LogP contribution < -0.4 is 5.73 Å². The number of Topliss-reactive ketones (excluding diaryl/α,β-unsaturated/α-hetero) is 1. The number of hydrogen-bond donors (Lipinski definition) is 2. The van der Waals surface area contributed by atoms with Crippen LogP contribution in [-0.4, -0.2) is 21.8 Å². The highest BCUT2D eigenvalue weighted by Crippen LogP contribution is 2.23. The Labute approximate surface area is 145 Å². The largest absolute Gasteiger partial charge is 0.348 e. The molecular formula is C13H15Cl4N3O. The molecule has 2 rings (SSSR count). The van der Waals surface area contributed by atoms with Gasteiger partial charge in [0.25, 0.3) is 0 Å². The number of carbonyl (C=O) groups is 1. The maximum Gasteiger partial charge on any atom is 0.154 e. The minimum Gasteiger partial charge on any atom is -0.348 e. The Morgan fingerprint density at radius 3 is 2.57 bits per heavy atom. The zero-order valence-corrected chi connectivity index (χ0v) is 14.0. The van der Waals surface area contributed by atoms with Crippen molar-refractivity contribution in [3.05, 3.63) is 52.0 Å². The Morgan fingerprint density at radius 1 is 1.29 bits per heavy atom. The number of nitrogens with two attached hydrogens (primary N) is 1. The molecule has 0 aliphatic rings. The van der Waals surface area contributed by atoms with E-state index in [0.717, 1.165) is 11.3 Å². The molecule has 4 nitrogen and oxygen atoms in total. The van der Waals surface area contributed by atoms with Crippen molar-refractivity contribution in [3.8, 4) is 0 Å². The number of rotatable bonds is 5. The first-order valence-electron chi connectivity index (χ1n) is 5.75. The summed E-state index contributed by atoms with van der Waals surface area (Å²) in [6, 6.07) is 4.57. The van der Waals surface area contributed by atoms with Crippen LogP contribution in [0, 0.1) is 0 Å². The SMILES string of the molecule is Cl.Cl.N[C@@H](Cc1cnc[nH]1)C(=O)Cc1ccc(Cl)c(Cl)c1. The number of ketones is 1. The summed E-state index contributed by atoms with van der Waals surface area (Å²) in [6.07, 6.45) is 3.91. The van der Waals surface area contributed by atoms with Crippen LogP contribution in [0.15, 0.2) is 30.7 Å². The van der Waals surface area contributed by atoms with E-state index >= 15 is 0 Å². The Morgan fingerprint density at radius 2 is 2.00 bits per heavy atom. The fourth-order valence-electron chi connectivity index (χ4n) is 1.73. The minimum absolute atomic E-state index is 0. The summed E-state index contributed by atoms with van der Waals surface area (Å²) in [4.78, 5) is 18.8. The summed E-state index contributed by atoms with van der Waals surface area (Å²) in [5.74, 6) is -0.0482. The fourth-order valence-corrected chi connectivity index (χ4v) is 2.05. The van der Waals surface area contributed by atoms with E-state index in [4.69, 9.17) is 28.9 Å². The number of halogens is 4. The van der Waals surface area contributed by atoms with Gasteiger partial charge in [0.2, 0.25) is 0 Å². The number of hydrogen-bond acceptors (Lipinski definition) is 3. The monoisotopic (exact) mass is 369 g/mol. The van der Waals surface area contributed by atoms with Gasteiger partial charge in [-0.1, -0.05) is 29.3 Å². The summed E-state index contributed by atoms with van der Waals surface area (Å²) >= 11 is 11.7. The number of benzene rings is 1. The lowest BCUT2D eigenvalue weighted by Crippen LogP contribution is -2.34. The van der Waals surface area contributed by atoms with Crippen LogP contribution in [0.1, 0.15) is 11.3 Å². The zero-order valence-electron chi connectivity index (χ0n) is 10.9. The molecule has 0 saturated carbocycles. The van der Waals surface area contributed by atoms with Crippen LogP contribution in [-0.2, 0) is 17.6 Å². The summed E-state index contributed by atoms with van der Waals surface area (Å²) in [5, 5.41) is 0.911. The standard InChI is InChI=1S/C13H13Cl2N3O.2ClH/c14-10-2-1-8(3-11(10)15)4-13(19)12(16)5-9-6-17-7-18-9;;/h1-3,6-7,12H,4-5,16H2,(H,17,18);2*1H/t12-;;/m0../s1. The van der Waals surface area contributed by atoms with E-state index in [0.29, 0.717) is 16.5 Å². The quantitative estimate of drug-likeness (QED) is 0.848. The molecule has 3 N–H and O–H groups in total. The van der Waals surface area contributed by atoms with Crippen molar-refractivity contribution in [1.29, 1.82) is 0 Å². The lowest BCUT2D eigenvalue weighted by Gasteiger charge is -2.09. The van der Waals surface area contributed by atoms with Crippen LogP contribution in [0.5, 0.6) is 0 Å². The third-order valence-electron chi connectivity index (χ3n) is 2.77. The molecule has 0 saturated heterocycles. The van der Waals surface area contributed by atoms with Gasteiger partial charge in [-0.2, -0.15) is 0 Å². The van der Waals surface area contributed by atoms with Gasteiger partial charge in [0.15, 0.2) is 5.78 Å². The summed E-state index contributed by atoms with van der Waals surface area (Å²) in [5.41, 5.74) is 7.52. The number of nitrogens with one attached hydrogen (secondary N) is 1. The molecular weight excluding hydrogens is 356 g/mol. The van der Waals surface area contributed by atoms with Crippen molar-refractivity contribution >= 4 is 53.8 Å². The van der Waals surface area contributed by atoms with Crippen molar-refractivity contribution in [2.75, 3.05) is 0 Å². The van der Waals surface area contributed by atoms with Crippen LogP contribution in [0.4, 0.5) is 0 Å². The molecule has 0 unspecified atom stereocenters. The second-order valence-electron chi connectivity index (χ2n) is 4.28. The first kappa shape index (κ1) is 20.2. The van der Waals surface area contributed by atoms with Crippen molar-refractivity contribution in [1.82, 2.24) is 9.97 Å². The molecule has 1 atom stereocenters. The Kier molecular flexibility index (Phi) is 8.94. The second kappa shape index (κ2) is 9.28. The van der Waals surface area contributed by atoms with Crippen LogP contribution >= 0.6 is 48.0 Å². The predicted octanol–water partition coefficient (Wildman–Crippen LogP) is 3.24. The van der Waals surface area contributed by atoms with E-state index in [1.807, 2.05) is 0 Å². The highest BCUT2D eigenvalue weighted by atomic mass is 35.5. The Bertz CT molecular complexity index is 575. The molecule has 0 radical (unpaired) electrons. The van der Waals surface area contributed by atoms with Crippen molar-refractivity contribution in [2.45, 2.75) is 18.9 Å². The van der Waals surface area contributed by atoms with E-state index < -0.39 is 6.04 Å². The average Bonchev–Trinajstić information content (AvgIpc) is 2.86. The van der Waals surface area contributed by atoms with E-state index in [2.05, 4.69) is 9.97 Å². The maximum absolute atomic E-state index is 12.0. The van der Waals surface area contributed by atoms with E-state index in [1.165, 1.54) is 0 Å². The molecule has 0 aliphatic carbocycles. The van der Waals surface area contributed by atoms with Gasteiger partial charge in [-0.3, -0.25) is 4.79 Å². The average molecular weight is 371 g/mol. The number of aromatic nitrogens is 2. The first-order chi connectivity index (χ1) is 9.06. The Balaban J connectivity index is 0.00000200. The summed E-state index contributed by atoms with van der Waals surface area (Å²) in [7, 11) is 0. The molecule has 0 amide bonds. The van der Waals surface area contributed by atoms with Crippen molar-refractivity contribution in [2.24, 2.45) is 5.73 Å². The maximum atomic E-state index is 12.0. The van der Waals surface area contributed by atoms with Gasteiger partial charge in [0.05, 0.1) is 22.4 Å². The molecule has 0 fully saturated rings. The minimum atomic E-state index is -0.560. The van der Waals surface area contributed by atoms with Gasteiger partial charge in [0, 0.05) is 24.7 Å². The van der Waals surface area contributed by atoms with Crippen LogP contribution in [0.2, 0.25) is 10.0 Å². The number of aromatic amines is 1. The molecule has 116 valence electrons. The van der Waals surface area contributed by atoms with Gasteiger partial charge in [-0.05, 0) is 17.7 Å². The number of carbonyl (C=O) groups excluding carboxylic acids is 1. The van der Waals surface area contributed by atoms with Gasteiger partial charge >= 0.3 is 0 Å². The summed E-state index contributed by atoms with van der Waals surface area (Å²) in [6.45, 7) is 0. The summed E-state index contributed by atoms with van der Waals surface area (Å²) < 4.78 is 0. The molecule has 8 heteroatoms. The smallest absolute Gasteiger partial charge is 0.154 e. The first-order valence-corrected chi connectivity index (χ1v) is 6.51. The number of H-pyrrole nitrogens is 1. The highest BCUT2D eigenvalue weighted by Gasteiger charge is 2.15. The van der Waals surface area contributed by atoms with Crippen LogP contribution in [0.25, 0.3) is 0 Å². The number of nitrogens with zero attached hydrogens (tertiary/aromatic N) is 1. The molecule has 1 aromatic heterocycles. The van der Waals surface area contributed by atoms with E-state index in [1.54, 1.807) is 30.7 Å². The number of imidazole rings is 1. The highest BCUT2D eigenvalue weighted by molar-refractivity contribution is 6.42.